The molecule has 0 aliphatic carbocycles. The van der Waals surface area contributed by atoms with E-state index in [1.807, 2.05) is 0 Å². The fourth-order valence-corrected chi connectivity index (χ4v) is 2.02. The minimum atomic E-state index is -4.58. The van der Waals surface area contributed by atoms with Gasteiger partial charge in [0.2, 0.25) is 11.5 Å². The topological polar surface area (TPSA) is 122 Å². The van der Waals surface area contributed by atoms with E-state index in [1.54, 1.807) is 0 Å². The van der Waals surface area contributed by atoms with Crippen molar-refractivity contribution in [1.82, 2.24) is 20.0 Å². The Morgan fingerprint density at radius 1 is 1.24 bits per heavy atom. The summed E-state index contributed by atoms with van der Waals surface area (Å²) in [5, 5.41) is 10.6. The Hall–Kier alpha value is -3.15. The van der Waals surface area contributed by atoms with Crippen molar-refractivity contribution in [2.75, 3.05) is 13.2 Å². The molecule has 25 heavy (non-hydrogen) atoms. The van der Waals surface area contributed by atoms with Crippen molar-refractivity contribution < 1.29 is 27.1 Å². The van der Waals surface area contributed by atoms with Gasteiger partial charge in [0.25, 0.3) is 5.88 Å². The summed E-state index contributed by atoms with van der Waals surface area (Å²) >= 11 is 0. The maximum absolute atomic E-state index is 12.9. The normalized spacial score (nSPS) is 11.7. The third-order valence-electron chi connectivity index (χ3n) is 3.06. The first kappa shape index (κ1) is 16.7. The van der Waals surface area contributed by atoms with Crippen LogP contribution in [0, 0.1) is 0 Å². The van der Waals surface area contributed by atoms with Gasteiger partial charge >= 0.3 is 11.9 Å². The number of rotatable bonds is 5. The number of hydrogen-bond acceptors (Lipinski definition) is 8. The molecule has 132 valence electrons. The molecule has 0 bridgehead atoms. The number of ether oxygens (including phenoxy) is 1. The average Bonchev–Trinajstić information content (AvgIpc) is 3.18. The summed E-state index contributed by atoms with van der Waals surface area (Å²) in [7, 11) is 0. The summed E-state index contributed by atoms with van der Waals surface area (Å²) < 4.78 is 53.7. The van der Waals surface area contributed by atoms with Crippen molar-refractivity contribution in [2.24, 2.45) is 5.73 Å². The maximum Gasteiger partial charge on any atom is 0.446 e. The molecule has 0 fully saturated rings. The molecule has 0 radical (unpaired) electrons. The largest absolute Gasteiger partial charge is 0.472 e. The van der Waals surface area contributed by atoms with Gasteiger partial charge in [-0.2, -0.15) is 13.2 Å². The summed E-state index contributed by atoms with van der Waals surface area (Å²) in [6.45, 7) is 0.248. The summed E-state index contributed by atoms with van der Waals surface area (Å²) in [4.78, 5) is 11.9. The van der Waals surface area contributed by atoms with Crippen LogP contribution in [0.25, 0.3) is 17.2 Å². The quantitative estimate of drug-likeness (QED) is 0.723. The minimum Gasteiger partial charge on any atom is -0.472 e. The number of nitrogens with zero attached hydrogens (tertiary/aromatic N) is 4. The number of benzene rings is 1. The highest BCUT2D eigenvalue weighted by atomic mass is 19.4. The van der Waals surface area contributed by atoms with Crippen molar-refractivity contribution in [1.29, 1.82) is 0 Å². The second kappa shape index (κ2) is 6.39. The zero-order chi connectivity index (χ0) is 18.0. The molecule has 0 aliphatic rings. The zero-order valence-electron chi connectivity index (χ0n) is 12.4. The molecule has 3 aromatic rings. The van der Waals surface area contributed by atoms with Crippen molar-refractivity contribution in [3.8, 4) is 23.1 Å². The molecular formula is C13H10F3N5O4. The van der Waals surface area contributed by atoms with Crippen molar-refractivity contribution in [2.45, 2.75) is 6.18 Å². The van der Waals surface area contributed by atoms with Crippen LogP contribution >= 0.6 is 0 Å². The predicted molar refractivity (Wildman–Crippen MR) is 74.9 cm³/mol. The molecule has 0 amide bonds. The lowest BCUT2D eigenvalue weighted by molar-refractivity contribution is -0.137. The lowest BCUT2D eigenvalue weighted by Gasteiger charge is -2.09. The number of halogens is 3. The molecule has 0 atom stereocenters. The van der Waals surface area contributed by atoms with Crippen molar-refractivity contribution in [3.63, 3.8) is 0 Å². The summed E-state index contributed by atoms with van der Waals surface area (Å²) in [6, 6.07) is 4.07. The molecular weight excluding hydrogens is 347 g/mol. The van der Waals surface area contributed by atoms with E-state index in [4.69, 9.17) is 10.5 Å². The summed E-state index contributed by atoms with van der Waals surface area (Å²) in [6.07, 6.45) is -4.58. The monoisotopic (exact) mass is 357 g/mol. The van der Waals surface area contributed by atoms with Crippen molar-refractivity contribution >= 4 is 0 Å². The smallest absolute Gasteiger partial charge is 0.446 e. The standard InChI is InChI=1S/C13H10F3N5O4/c14-13(15,16)7-2-1-3-8(6-7)21-10(19-24-12(21)22)9-11(20-25-18-9)23-5-4-17/h1-3,6H,4-5,17H2. The van der Waals surface area contributed by atoms with E-state index in [9.17, 15) is 18.0 Å². The minimum absolute atomic E-state index is 0.0762. The predicted octanol–water partition coefficient (Wildman–Crippen LogP) is 1.23. The fraction of sp³-hybridized carbons (Fsp3) is 0.231. The Labute approximate surface area is 136 Å². The van der Waals surface area contributed by atoms with Gasteiger partial charge in [-0.3, -0.25) is 4.52 Å². The first-order valence-corrected chi connectivity index (χ1v) is 6.84. The lowest BCUT2D eigenvalue weighted by Crippen LogP contribution is -2.15. The van der Waals surface area contributed by atoms with Gasteiger partial charge < -0.3 is 10.5 Å². The summed E-state index contributed by atoms with van der Waals surface area (Å²) in [5.41, 5.74) is 4.14. The number of hydrogen-bond donors (Lipinski definition) is 1. The molecule has 3 rings (SSSR count). The first-order valence-electron chi connectivity index (χ1n) is 6.84. The van der Waals surface area contributed by atoms with Gasteiger partial charge in [-0.25, -0.2) is 14.0 Å². The molecule has 0 saturated carbocycles. The molecule has 0 aliphatic heterocycles. The average molecular weight is 357 g/mol. The molecule has 2 aromatic heterocycles. The maximum atomic E-state index is 12.9. The van der Waals surface area contributed by atoms with Crippen LogP contribution in [0.15, 0.2) is 38.2 Å². The van der Waals surface area contributed by atoms with E-state index in [-0.39, 0.29) is 36.2 Å². The van der Waals surface area contributed by atoms with Gasteiger partial charge in [0, 0.05) is 6.54 Å². The molecule has 2 heterocycles. The van der Waals surface area contributed by atoms with Gasteiger partial charge in [-0.05, 0) is 28.5 Å². The van der Waals surface area contributed by atoms with Crippen LogP contribution < -0.4 is 16.2 Å². The van der Waals surface area contributed by atoms with E-state index in [1.165, 1.54) is 6.07 Å². The van der Waals surface area contributed by atoms with E-state index >= 15 is 0 Å². The lowest BCUT2D eigenvalue weighted by atomic mass is 10.2. The SMILES string of the molecule is NCCOc1nonc1-c1noc(=O)n1-c1cccc(C(F)(F)F)c1. The molecule has 9 nitrogen and oxygen atoms in total. The van der Waals surface area contributed by atoms with Gasteiger partial charge in [0.05, 0.1) is 11.3 Å². The Kier molecular flexibility index (Phi) is 4.27. The Morgan fingerprint density at radius 2 is 2.04 bits per heavy atom. The number of nitrogens with two attached hydrogens (primary N) is 1. The highest BCUT2D eigenvalue weighted by molar-refractivity contribution is 5.58. The van der Waals surface area contributed by atoms with E-state index in [0.29, 0.717) is 0 Å². The third kappa shape index (κ3) is 3.24. The van der Waals surface area contributed by atoms with Crippen LogP contribution in [0.2, 0.25) is 0 Å². The first-order chi connectivity index (χ1) is 11.9. The van der Waals surface area contributed by atoms with Crippen LogP contribution in [-0.2, 0) is 6.18 Å². The molecule has 0 spiro atoms. The molecule has 0 saturated heterocycles. The van der Waals surface area contributed by atoms with Gasteiger partial charge in [0.15, 0.2) is 0 Å². The van der Waals surface area contributed by atoms with Gasteiger partial charge in [-0.1, -0.05) is 11.2 Å². The van der Waals surface area contributed by atoms with E-state index in [0.717, 1.165) is 22.8 Å². The zero-order valence-corrected chi connectivity index (χ0v) is 12.4. The van der Waals surface area contributed by atoms with Crippen LogP contribution in [0.3, 0.4) is 0 Å². The Morgan fingerprint density at radius 3 is 2.76 bits per heavy atom. The second-order valence-corrected chi connectivity index (χ2v) is 4.71. The van der Waals surface area contributed by atoms with E-state index < -0.39 is 17.5 Å². The van der Waals surface area contributed by atoms with Crippen LogP contribution in [0.1, 0.15) is 5.56 Å². The highest BCUT2D eigenvalue weighted by Crippen LogP contribution is 2.31. The molecule has 0 unspecified atom stereocenters. The summed E-state index contributed by atoms with van der Waals surface area (Å²) in [5.74, 6) is -1.36. The molecule has 1 aromatic carbocycles. The highest BCUT2D eigenvalue weighted by Gasteiger charge is 2.31. The van der Waals surface area contributed by atoms with Crippen LogP contribution in [0.5, 0.6) is 5.88 Å². The van der Waals surface area contributed by atoms with Crippen LogP contribution in [-0.4, -0.2) is 33.2 Å². The van der Waals surface area contributed by atoms with Crippen molar-refractivity contribution in [3.05, 3.63) is 40.4 Å². The molecule has 2 N–H and O–H groups in total. The number of aromatic nitrogens is 4. The Balaban J connectivity index is 2.10. The molecule has 12 heteroatoms. The number of alkyl halides is 3. The second-order valence-electron chi connectivity index (χ2n) is 4.71. The van der Waals surface area contributed by atoms with Gasteiger partial charge in [-0.15, -0.1) is 0 Å². The van der Waals surface area contributed by atoms with Gasteiger partial charge in [0.1, 0.15) is 6.61 Å². The third-order valence-corrected chi connectivity index (χ3v) is 3.06. The Bertz CT molecular complexity index is 930. The fourth-order valence-electron chi connectivity index (χ4n) is 2.02. The van der Waals surface area contributed by atoms with Crippen LogP contribution in [0.4, 0.5) is 13.2 Å². The van der Waals surface area contributed by atoms with E-state index in [2.05, 4.69) is 24.6 Å².